The molecule has 182 valence electrons. The predicted molar refractivity (Wildman–Crippen MR) is 127 cm³/mol. The lowest BCUT2D eigenvalue weighted by atomic mass is 9.97. The van der Waals surface area contributed by atoms with E-state index in [2.05, 4.69) is 32.0 Å². The van der Waals surface area contributed by atoms with Gasteiger partial charge in [0, 0.05) is 25.6 Å². The van der Waals surface area contributed by atoms with E-state index >= 15 is 0 Å². The zero-order chi connectivity index (χ0) is 24.3. The highest BCUT2D eigenvalue weighted by atomic mass is 32.2. The Bertz CT molecular complexity index is 1450. The van der Waals surface area contributed by atoms with Crippen molar-refractivity contribution in [3.63, 3.8) is 0 Å². The van der Waals surface area contributed by atoms with Gasteiger partial charge in [-0.3, -0.25) is 4.79 Å². The second kappa shape index (κ2) is 8.20. The molecule has 1 aliphatic carbocycles. The Morgan fingerprint density at radius 3 is 2.74 bits per heavy atom. The van der Waals surface area contributed by atoms with Crippen LogP contribution in [0.25, 0.3) is 11.5 Å². The van der Waals surface area contributed by atoms with Gasteiger partial charge in [-0.2, -0.15) is 4.31 Å². The molecule has 0 radical (unpaired) electrons. The number of aryl methyl sites for hydroxylation is 1. The van der Waals surface area contributed by atoms with Crippen molar-refractivity contribution < 1.29 is 17.6 Å². The number of pyridine rings is 1. The molecule has 1 N–H and O–H groups in total. The van der Waals surface area contributed by atoms with Crippen LogP contribution in [0, 0.1) is 5.82 Å². The van der Waals surface area contributed by atoms with Crippen molar-refractivity contribution >= 4 is 21.7 Å². The van der Waals surface area contributed by atoms with Crippen molar-refractivity contribution in [2.75, 3.05) is 11.9 Å². The first-order valence-corrected chi connectivity index (χ1v) is 13.3. The summed E-state index contributed by atoms with van der Waals surface area (Å²) >= 11 is 0. The van der Waals surface area contributed by atoms with Crippen molar-refractivity contribution in [3.8, 4) is 11.5 Å². The number of halogens is 1. The number of fused-ring (bicyclic) bond motifs is 2. The molecule has 1 saturated carbocycles. The number of amides is 1. The summed E-state index contributed by atoms with van der Waals surface area (Å²) in [6.45, 7) is 2.59. The van der Waals surface area contributed by atoms with Crippen LogP contribution in [0.15, 0.2) is 30.3 Å². The molecule has 0 saturated heterocycles. The van der Waals surface area contributed by atoms with Crippen LogP contribution in [-0.2, 0) is 29.4 Å². The monoisotopic (exact) mass is 496 g/mol. The molecule has 1 atom stereocenters. The first kappa shape index (κ1) is 22.3. The summed E-state index contributed by atoms with van der Waals surface area (Å²) in [4.78, 5) is 17.5. The lowest BCUT2D eigenvalue weighted by Gasteiger charge is -2.28. The van der Waals surface area contributed by atoms with E-state index in [0.29, 0.717) is 42.9 Å². The Morgan fingerprint density at radius 2 is 1.94 bits per heavy atom. The van der Waals surface area contributed by atoms with Crippen LogP contribution < -0.4 is 5.32 Å². The van der Waals surface area contributed by atoms with Crippen molar-refractivity contribution in [1.29, 1.82) is 0 Å². The number of rotatable bonds is 5. The second-order valence-electron chi connectivity index (χ2n) is 9.49. The normalized spacial score (nSPS) is 19.9. The zero-order valence-corrected chi connectivity index (χ0v) is 20.1. The van der Waals surface area contributed by atoms with Crippen LogP contribution in [0.1, 0.15) is 59.5 Å². The van der Waals surface area contributed by atoms with E-state index in [9.17, 15) is 17.6 Å². The molecule has 1 amide bonds. The maximum absolute atomic E-state index is 14.9. The highest BCUT2D eigenvalue weighted by Crippen LogP contribution is 2.34. The lowest BCUT2D eigenvalue weighted by Crippen LogP contribution is -2.38. The lowest BCUT2D eigenvalue weighted by molar-refractivity contribution is 0.102. The first-order valence-electron chi connectivity index (χ1n) is 11.8. The van der Waals surface area contributed by atoms with E-state index in [1.807, 2.05) is 0 Å². The quantitative estimate of drug-likeness (QED) is 0.581. The highest BCUT2D eigenvalue weighted by molar-refractivity contribution is 7.90. The summed E-state index contributed by atoms with van der Waals surface area (Å²) in [5.41, 5.74) is 1.82. The number of nitrogens with one attached hydrogen (secondary N) is 1. The van der Waals surface area contributed by atoms with Crippen LogP contribution in [0.2, 0.25) is 0 Å². The standard InChI is InChI=1S/C24H25FN6O3S/c1-14-5-8-22-28-29-23(31(14)22)20-3-2-4-21(26-20)27-24(32)18-11-16-13-30(35(33,34)17-6-7-17)10-9-15(16)12-19(18)25/h2-4,11-12,14,17H,5-10,13H2,1H3,(H,26,27,32)/t14-/m0/s1. The molecule has 4 heterocycles. The fraction of sp³-hybridized carbons (Fsp3) is 0.417. The van der Waals surface area contributed by atoms with E-state index in [0.717, 1.165) is 24.2 Å². The Morgan fingerprint density at radius 1 is 1.11 bits per heavy atom. The van der Waals surface area contributed by atoms with E-state index in [-0.39, 0.29) is 29.2 Å². The van der Waals surface area contributed by atoms with Gasteiger partial charge in [0.05, 0.1) is 10.8 Å². The van der Waals surface area contributed by atoms with Crippen LogP contribution in [0.3, 0.4) is 0 Å². The highest BCUT2D eigenvalue weighted by Gasteiger charge is 2.41. The maximum Gasteiger partial charge on any atom is 0.259 e. The molecule has 9 nitrogen and oxygen atoms in total. The minimum Gasteiger partial charge on any atom is -0.307 e. The zero-order valence-electron chi connectivity index (χ0n) is 19.2. The Hall–Kier alpha value is -3.18. The van der Waals surface area contributed by atoms with Gasteiger partial charge in [-0.15, -0.1) is 10.2 Å². The third kappa shape index (κ3) is 3.92. The van der Waals surface area contributed by atoms with Gasteiger partial charge in [-0.25, -0.2) is 17.8 Å². The molecule has 6 rings (SSSR count). The largest absolute Gasteiger partial charge is 0.307 e. The van der Waals surface area contributed by atoms with Gasteiger partial charge in [0.2, 0.25) is 10.0 Å². The maximum atomic E-state index is 14.9. The van der Waals surface area contributed by atoms with Gasteiger partial charge >= 0.3 is 0 Å². The van der Waals surface area contributed by atoms with E-state index < -0.39 is 21.7 Å². The SMILES string of the molecule is C[C@H]1CCc2nnc(-c3cccc(NC(=O)c4cc5c(cc4F)CCN(S(=O)(=O)C4CC4)C5)n3)n21. The smallest absolute Gasteiger partial charge is 0.259 e. The fourth-order valence-corrected chi connectivity index (χ4v) is 6.75. The first-order chi connectivity index (χ1) is 16.8. The molecule has 2 aliphatic heterocycles. The average Bonchev–Trinajstić information content (AvgIpc) is 3.53. The minimum atomic E-state index is -3.34. The summed E-state index contributed by atoms with van der Waals surface area (Å²) < 4.78 is 43.7. The number of nitrogens with zero attached hydrogens (tertiary/aromatic N) is 5. The third-order valence-corrected chi connectivity index (χ3v) is 9.37. The van der Waals surface area contributed by atoms with Crippen LogP contribution in [-0.4, -0.2) is 50.2 Å². The number of carbonyl (C=O) groups is 1. The number of benzene rings is 1. The van der Waals surface area contributed by atoms with Gasteiger partial charge in [0.15, 0.2) is 5.82 Å². The Kier molecular flexibility index (Phi) is 5.22. The molecule has 0 bridgehead atoms. The van der Waals surface area contributed by atoms with E-state index in [1.54, 1.807) is 18.2 Å². The molecule has 3 aromatic rings. The van der Waals surface area contributed by atoms with Gasteiger partial charge in [0.25, 0.3) is 5.91 Å². The third-order valence-electron chi connectivity index (χ3n) is 7.03. The van der Waals surface area contributed by atoms with Crippen LogP contribution >= 0.6 is 0 Å². The second-order valence-corrected chi connectivity index (χ2v) is 11.7. The molecule has 3 aliphatic rings. The molecule has 0 spiro atoms. The van der Waals surface area contributed by atoms with Gasteiger partial charge in [0.1, 0.15) is 23.2 Å². The molecule has 0 unspecified atom stereocenters. The molecular formula is C24H25FN6O3S. The molecule has 2 aromatic heterocycles. The van der Waals surface area contributed by atoms with E-state index in [1.165, 1.54) is 16.4 Å². The molecular weight excluding hydrogens is 471 g/mol. The summed E-state index contributed by atoms with van der Waals surface area (Å²) in [5, 5.41) is 10.9. The number of anilines is 1. The Balaban J connectivity index is 1.25. The number of hydrogen-bond acceptors (Lipinski definition) is 6. The van der Waals surface area contributed by atoms with Crippen molar-refractivity contribution in [3.05, 3.63) is 58.7 Å². The van der Waals surface area contributed by atoms with Gasteiger partial charge in [-0.05, 0) is 68.0 Å². The van der Waals surface area contributed by atoms with Gasteiger partial charge < -0.3 is 9.88 Å². The van der Waals surface area contributed by atoms with Crippen molar-refractivity contribution in [2.45, 2.75) is 56.9 Å². The Labute approximate surface area is 202 Å². The summed E-state index contributed by atoms with van der Waals surface area (Å²) in [6.07, 6.45) is 3.65. The van der Waals surface area contributed by atoms with Crippen molar-refractivity contribution in [2.24, 2.45) is 0 Å². The predicted octanol–water partition coefficient (Wildman–Crippen LogP) is 3.09. The number of sulfonamides is 1. The van der Waals surface area contributed by atoms with E-state index in [4.69, 9.17) is 0 Å². The fourth-order valence-electron chi connectivity index (χ4n) is 4.93. The topological polar surface area (TPSA) is 110 Å². The van der Waals surface area contributed by atoms with Crippen LogP contribution in [0.5, 0.6) is 0 Å². The molecule has 1 fully saturated rings. The van der Waals surface area contributed by atoms with Gasteiger partial charge in [-0.1, -0.05) is 6.07 Å². The molecule has 35 heavy (non-hydrogen) atoms. The van der Waals surface area contributed by atoms with Crippen molar-refractivity contribution in [1.82, 2.24) is 24.1 Å². The minimum absolute atomic E-state index is 0.140. The van der Waals surface area contributed by atoms with Crippen LogP contribution in [0.4, 0.5) is 10.2 Å². The average molecular weight is 497 g/mol. The number of aromatic nitrogens is 4. The number of hydrogen-bond donors (Lipinski definition) is 1. The number of carbonyl (C=O) groups excluding carboxylic acids is 1. The summed E-state index contributed by atoms with van der Waals surface area (Å²) in [7, 11) is -3.34. The summed E-state index contributed by atoms with van der Waals surface area (Å²) in [6, 6.07) is 8.26. The summed E-state index contributed by atoms with van der Waals surface area (Å²) in [5.74, 6) is 0.540. The molecule has 11 heteroatoms. The molecule has 1 aromatic carbocycles.